The molecule has 2 aromatic rings. The van der Waals surface area contributed by atoms with Crippen molar-refractivity contribution in [2.24, 2.45) is 7.05 Å². The van der Waals surface area contributed by atoms with E-state index in [-0.39, 0.29) is 0 Å². The van der Waals surface area contributed by atoms with Crippen LogP contribution < -0.4 is 0 Å². The molecule has 1 aliphatic rings. The summed E-state index contributed by atoms with van der Waals surface area (Å²) in [6.45, 7) is 5.83. The van der Waals surface area contributed by atoms with E-state index in [0.717, 1.165) is 6.54 Å². The van der Waals surface area contributed by atoms with Gasteiger partial charge in [-0.3, -0.25) is 4.90 Å². The summed E-state index contributed by atoms with van der Waals surface area (Å²) < 4.78 is 2.35. The Kier molecular flexibility index (Phi) is 2.67. The molecule has 0 aliphatic carbocycles. The number of hydrogen-bond donors (Lipinski definition) is 0. The van der Waals surface area contributed by atoms with Gasteiger partial charge in [0, 0.05) is 30.2 Å². The van der Waals surface area contributed by atoms with Gasteiger partial charge >= 0.3 is 0 Å². The second-order valence-electron chi connectivity index (χ2n) is 5.19. The zero-order valence-corrected chi connectivity index (χ0v) is 10.7. The van der Waals surface area contributed by atoms with Crippen molar-refractivity contribution in [3.8, 4) is 0 Å². The summed E-state index contributed by atoms with van der Waals surface area (Å²) in [4.78, 5) is 2.56. The number of fused-ring (bicyclic) bond motifs is 1. The van der Waals surface area contributed by atoms with E-state index in [4.69, 9.17) is 0 Å². The van der Waals surface area contributed by atoms with Crippen LogP contribution in [0.3, 0.4) is 0 Å². The van der Waals surface area contributed by atoms with Gasteiger partial charge in [0.2, 0.25) is 0 Å². The zero-order chi connectivity index (χ0) is 11.8. The molecule has 17 heavy (non-hydrogen) atoms. The molecule has 0 saturated carbocycles. The molecule has 0 spiro atoms. The highest BCUT2D eigenvalue weighted by Gasteiger charge is 2.14. The summed E-state index contributed by atoms with van der Waals surface area (Å²) in [6, 6.07) is 8.93. The van der Waals surface area contributed by atoms with Gasteiger partial charge in [-0.25, -0.2) is 0 Å². The summed E-state index contributed by atoms with van der Waals surface area (Å²) in [5.41, 5.74) is 4.18. The summed E-state index contributed by atoms with van der Waals surface area (Å²) in [6.07, 6.45) is 2.73. The first-order chi connectivity index (χ1) is 8.25. The van der Waals surface area contributed by atoms with Crippen LogP contribution in [0, 0.1) is 6.92 Å². The molecule has 1 fully saturated rings. The van der Waals surface area contributed by atoms with Crippen molar-refractivity contribution in [2.45, 2.75) is 26.3 Å². The highest BCUT2D eigenvalue weighted by Crippen LogP contribution is 2.23. The zero-order valence-electron chi connectivity index (χ0n) is 10.7. The first-order valence-electron chi connectivity index (χ1n) is 6.52. The fourth-order valence-corrected chi connectivity index (χ4v) is 2.89. The van der Waals surface area contributed by atoms with Crippen molar-refractivity contribution < 1.29 is 0 Å². The van der Waals surface area contributed by atoms with Gasteiger partial charge < -0.3 is 4.57 Å². The molecule has 1 aromatic heterocycles. The van der Waals surface area contributed by atoms with Crippen LogP contribution in [0.4, 0.5) is 0 Å². The minimum Gasteiger partial charge on any atom is -0.346 e. The van der Waals surface area contributed by atoms with Crippen LogP contribution in [0.15, 0.2) is 24.3 Å². The van der Waals surface area contributed by atoms with Crippen LogP contribution >= 0.6 is 0 Å². The van der Waals surface area contributed by atoms with Gasteiger partial charge in [0.1, 0.15) is 0 Å². The van der Waals surface area contributed by atoms with E-state index >= 15 is 0 Å². The summed E-state index contributed by atoms with van der Waals surface area (Å²) in [5.74, 6) is 0. The molecule has 0 radical (unpaired) electrons. The molecule has 0 N–H and O–H groups in total. The van der Waals surface area contributed by atoms with Crippen molar-refractivity contribution in [1.82, 2.24) is 9.47 Å². The minimum atomic E-state index is 1.10. The average molecular weight is 228 g/mol. The van der Waals surface area contributed by atoms with E-state index in [2.05, 4.69) is 47.7 Å². The normalized spacial score (nSPS) is 17.1. The topological polar surface area (TPSA) is 8.17 Å². The van der Waals surface area contributed by atoms with Gasteiger partial charge in [0.25, 0.3) is 0 Å². The molecule has 0 unspecified atom stereocenters. The second kappa shape index (κ2) is 4.19. The van der Waals surface area contributed by atoms with E-state index in [1.165, 1.54) is 48.1 Å². The van der Waals surface area contributed by atoms with Crippen LogP contribution in [0.2, 0.25) is 0 Å². The van der Waals surface area contributed by atoms with Crippen LogP contribution in [0.25, 0.3) is 10.9 Å². The number of likely N-dealkylation sites (tertiary alicyclic amines) is 1. The first-order valence-corrected chi connectivity index (χ1v) is 6.52. The molecule has 3 rings (SSSR count). The second-order valence-corrected chi connectivity index (χ2v) is 5.19. The Balaban J connectivity index is 1.99. The Hall–Kier alpha value is -1.28. The minimum absolute atomic E-state index is 1.10. The number of rotatable bonds is 2. The van der Waals surface area contributed by atoms with Gasteiger partial charge in [0.15, 0.2) is 0 Å². The Morgan fingerprint density at radius 1 is 1.18 bits per heavy atom. The summed E-state index contributed by atoms with van der Waals surface area (Å²) >= 11 is 0. The standard InChI is InChI=1S/C15H20N2/c1-12-6-5-7-15-14(12)10-13(16(15)2)11-17-8-3-4-9-17/h5-7,10H,3-4,8-9,11H2,1-2H3. The third-order valence-corrected chi connectivity index (χ3v) is 3.99. The largest absolute Gasteiger partial charge is 0.346 e. The van der Waals surface area contributed by atoms with Crippen molar-refractivity contribution in [2.75, 3.05) is 13.1 Å². The van der Waals surface area contributed by atoms with E-state index < -0.39 is 0 Å². The number of aryl methyl sites for hydroxylation is 2. The van der Waals surface area contributed by atoms with Gasteiger partial charge in [-0.1, -0.05) is 12.1 Å². The molecule has 2 nitrogen and oxygen atoms in total. The average Bonchev–Trinajstić information content (AvgIpc) is 2.92. The van der Waals surface area contributed by atoms with Crippen molar-refractivity contribution in [3.63, 3.8) is 0 Å². The summed E-state index contributed by atoms with van der Waals surface area (Å²) in [7, 11) is 2.19. The van der Waals surface area contributed by atoms with Gasteiger partial charge in [-0.15, -0.1) is 0 Å². The van der Waals surface area contributed by atoms with E-state index in [1.807, 2.05) is 0 Å². The quantitative estimate of drug-likeness (QED) is 0.767. The van der Waals surface area contributed by atoms with Crippen molar-refractivity contribution >= 4 is 10.9 Å². The maximum absolute atomic E-state index is 2.56. The third kappa shape index (κ3) is 1.87. The first kappa shape index (κ1) is 10.8. The molecule has 90 valence electrons. The highest BCUT2D eigenvalue weighted by molar-refractivity contribution is 5.84. The smallest absolute Gasteiger partial charge is 0.0482 e. The third-order valence-electron chi connectivity index (χ3n) is 3.99. The van der Waals surface area contributed by atoms with Crippen molar-refractivity contribution in [1.29, 1.82) is 0 Å². The van der Waals surface area contributed by atoms with E-state index in [0.29, 0.717) is 0 Å². The molecule has 2 heteroatoms. The summed E-state index contributed by atoms with van der Waals surface area (Å²) in [5, 5.41) is 1.41. The Labute approximate surface area is 103 Å². The van der Waals surface area contributed by atoms with Crippen LogP contribution in [-0.4, -0.2) is 22.6 Å². The van der Waals surface area contributed by atoms with E-state index in [1.54, 1.807) is 0 Å². The molecule has 1 aliphatic heterocycles. The molecule has 0 atom stereocenters. The lowest BCUT2D eigenvalue weighted by molar-refractivity contribution is 0.324. The Bertz CT molecular complexity index is 533. The van der Waals surface area contributed by atoms with Gasteiger partial charge in [-0.05, 0) is 50.6 Å². The molecular formula is C15H20N2. The van der Waals surface area contributed by atoms with Crippen LogP contribution in [0.5, 0.6) is 0 Å². The number of aromatic nitrogens is 1. The maximum Gasteiger partial charge on any atom is 0.0482 e. The fraction of sp³-hybridized carbons (Fsp3) is 0.467. The van der Waals surface area contributed by atoms with Crippen LogP contribution in [0.1, 0.15) is 24.1 Å². The Morgan fingerprint density at radius 3 is 2.65 bits per heavy atom. The SMILES string of the molecule is Cc1cccc2c1cc(CN1CCCC1)n2C. The lowest BCUT2D eigenvalue weighted by Crippen LogP contribution is -2.19. The van der Waals surface area contributed by atoms with Gasteiger partial charge in [0.05, 0.1) is 0 Å². The molecular weight excluding hydrogens is 208 g/mol. The molecule has 1 aromatic carbocycles. The fourth-order valence-electron chi connectivity index (χ4n) is 2.89. The lowest BCUT2D eigenvalue weighted by Gasteiger charge is -2.14. The number of benzene rings is 1. The predicted molar refractivity (Wildman–Crippen MR) is 72.2 cm³/mol. The monoisotopic (exact) mass is 228 g/mol. The highest BCUT2D eigenvalue weighted by atomic mass is 15.2. The molecule has 1 saturated heterocycles. The van der Waals surface area contributed by atoms with Gasteiger partial charge in [-0.2, -0.15) is 0 Å². The number of nitrogens with zero attached hydrogens (tertiary/aromatic N) is 2. The molecule has 2 heterocycles. The van der Waals surface area contributed by atoms with Crippen molar-refractivity contribution in [3.05, 3.63) is 35.5 Å². The van der Waals surface area contributed by atoms with E-state index in [9.17, 15) is 0 Å². The van der Waals surface area contributed by atoms with Crippen LogP contribution in [-0.2, 0) is 13.6 Å². The molecule has 0 bridgehead atoms. The Morgan fingerprint density at radius 2 is 1.94 bits per heavy atom. The predicted octanol–water partition coefficient (Wildman–Crippen LogP) is 3.08. The maximum atomic E-state index is 2.56. The molecule has 0 amide bonds. The number of hydrogen-bond acceptors (Lipinski definition) is 1. The lowest BCUT2D eigenvalue weighted by atomic mass is 10.1.